The number of nitrogens with two attached hydrogens (primary N) is 1. The zero-order chi connectivity index (χ0) is 21.1. The monoisotopic (exact) mass is 419 g/mol. The first kappa shape index (κ1) is 22.6. The topological polar surface area (TPSA) is 85.4 Å². The van der Waals surface area contributed by atoms with E-state index in [1.165, 1.54) is 12.1 Å². The van der Waals surface area contributed by atoms with Crippen molar-refractivity contribution in [2.24, 2.45) is 4.99 Å². The van der Waals surface area contributed by atoms with Crippen LogP contribution >= 0.6 is 11.6 Å². The largest absolute Gasteiger partial charge is 0.480 e. The predicted molar refractivity (Wildman–Crippen MR) is 116 cm³/mol. The molecule has 2 aromatic rings. The molecule has 0 atom stereocenters. The number of unbranched alkanes of at least 4 members (excludes halogenated alkanes) is 3. The standard InChI is InChI=1S/C21H27ClFN5O/c1-15-19(20(24)28-21(22)27-15)26-12-5-3-4-6-14-29-16(2)25-13-11-17-7-9-18(23)10-8-17/h7-10,12,25H,2-6,11,13-14H2,1H3,(H2,24,27,28). The molecule has 0 aliphatic heterocycles. The summed E-state index contributed by atoms with van der Waals surface area (Å²) in [5.41, 5.74) is 8.11. The maximum Gasteiger partial charge on any atom is 0.224 e. The van der Waals surface area contributed by atoms with Crippen LogP contribution in [0, 0.1) is 12.7 Å². The fourth-order valence-electron chi connectivity index (χ4n) is 2.63. The highest BCUT2D eigenvalue weighted by Gasteiger charge is 2.06. The zero-order valence-electron chi connectivity index (χ0n) is 16.6. The van der Waals surface area contributed by atoms with Gasteiger partial charge in [0.25, 0.3) is 0 Å². The molecular weight excluding hydrogens is 393 g/mol. The Balaban J connectivity index is 1.52. The molecule has 156 valence electrons. The highest BCUT2D eigenvalue weighted by molar-refractivity contribution is 6.28. The molecule has 1 aromatic carbocycles. The number of nitrogens with one attached hydrogen (secondary N) is 1. The maximum absolute atomic E-state index is 12.9. The lowest BCUT2D eigenvalue weighted by Gasteiger charge is -2.11. The van der Waals surface area contributed by atoms with Crippen LogP contribution in [0.4, 0.5) is 15.9 Å². The van der Waals surface area contributed by atoms with Crippen LogP contribution in [-0.4, -0.2) is 29.3 Å². The summed E-state index contributed by atoms with van der Waals surface area (Å²) in [7, 11) is 0. The number of aromatic nitrogens is 2. The van der Waals surface area contributed by atoms with Crippen LogP contribution in [0.25, 0.3) is 0 Å². The molecular formula is C21H27ClFN5O. The van der Waals surface area contributed by atoms with Gasteiger partial charge in [0.05, 0.1) is 12.3 Å². The molecule has 8 heteroatoms. The lowest BCUT2D eigenvalue weighted by molar-refractivity contribution is 0.187. The van der Waals surface area contributed by atoms with E-state index < -0.39 is 0 Å². The molecule has 0 spiro atoms. The van der Waals surface area contributed by atoms with E-state index in [9.17, 15) is 4.39 Å². The van der Waals surface area contributed by atoms with Crippen molar-refractivity contribution < 1.29 is 9.13 Å². The quantitative estimate of drug-likeness (QED) is 0.224. The number of nitrogen functional groups attached to an aromatic ring is 1. The third kappa shape index (κ3) is 8.48. The van der Waals surface area contributed by atoms with Crippen molar-refractivity contribution in [1.29, 1.82) is 0 Å². The smallest absolute Gasteiger partial charge is 0.224 e. The van der Waals surface area contributed by atoms with Gasteiger partial charge in [0.15, 0.2) is 11.7 Å². The molecule has 3 N–H and O–H groups in total. The number of hydrogen-bond acceptors (Lipinski definition) is 6. The summed E-state index contributed by atoms with van der Waals surface area (Å²) in [6.07, 6.45) is 6.37. The molecule has 0 bridgehead atoms. The molecule has 1 heterocycles. The van der Waals surface area contributed by atoms with Gasteiger partial charge in [-0.25, -0.2) is 9.37 Å². The lowest BCUT2D eigenvalue weighted by atomic mass is 10.1. The third-order valence-electron chi connectivity index (χ3n) is 4.18. The highest BCUT2D eigenvalue weighted by Crippen LogP contribution is 2.24. The van der Waals surface area contributed by atoms with Crippen molar-refractivity contribution in [3.8, 4) is 0 Å². The van der Waals surface area contributed by atoms with Gasteiger partial charge in [0.2, 0.25) is 5.28 Å². The van der Waals surface area contributed by atoms with Gasteiger partial charge in [-0.15, -0.1) is 0 Å². The summed E-state index contributed by atoms with van der Waals surface area (Å²) >= 11 is 5.75. The number of rotatable bonds is 12. The molecule has 0 aliphatic carbocycles. The van der Waals surface area contributed by atoms with Gasteiger partial charge >= 0.3 is 0 Å². The van der Waals surface area contributed by atoms with Gasteiger partial charge in [-0.05, 0) is 74.9 Å². The Morgan fingerprint density at radius 1 is 1.28 bits per heavy atom. The summed E-state index contributed by atoms with van der Waals surface area (Å²) in [4.78, 5) is 12.3. The van der Waals surface area contributed by atoms with Crippen molar-refractivity contribution in [1.82, 2.24) is 15.3 Å². The second-order valence-electron chi connectivity index (χ2n) is 6.55. The average molecular weight is 420 g/mol. The van der Waals surface area contributed by atoms with E-state index in [1.807, 2.05) is 6.21 Å². The normalized spacial score (nSPS) is 11.0. The minimum atomic E-state index is -0.223. The fraction of sp³-hybridized carbons (Fsp3) is 0.381. The molecule has 0 fully saturated rings. The van der Waals surface area contributed by atoms with Gasteiger partial charge in [-0.1, -0.05) is 12.1 Å². The number of aliphatic imine (C=N–C) groups is 1. The van der Waals surface area contributed by atoms with Crippen molar-refractivity contribution >= 4 is 29.3 Å². The van der Waals surface area contributed by atoms with Crippen LogP contribution in [0.1, 0.15) is 36.9 Å². The number of halogens is 2. The third-order valence-corrected chi connectivity index (χ3v) is 4.35. The molecule has 2 rings (SSSR count). The SMILES string of the molecule is C=C(NCCc1ccc(F)cc1)OCCCCCC=Nc1c(C)nc(Cl)nc1N. The summed E-state index contributed by atoms with van der Waals surface area (Å²) in [5.74, 6) is 0.624. The number of aryl methyl sites for hydroxylation is 1. The number of benzene rings is 1. The van der Waals surface area contributed by atoms with E-state index in [1.54, 1.807) is 19.1 Å². The van der Waals surface area contributed by atoms with Crippen LogP contribution < -0.4 is 11.1 Å². The molecule has 0 amide bonds. The van der Waals surface area contributed by atoms with E-state index in [4.69, 9.17) is 22.1 Å². The van der Waals surface area contributed by atoms with Crippen LogP contribution in [0.5, 0.6) is 0 Å². The van der Waals surface area contributed by atoms with Crippen LogP contribution in [0.3, 0.4) is 0 Å². The Morgan fingerprint density at radius 2 is 2.03 bits per heavy atom. The van der Waals surface area contributed by atoms with Gasteiger partial charge in [-0.2, -0.15) is 4.98 Å². The Kier molecular flexibility index (Phi) is 9.37. The van der Waals surface area contributed by atoms with E-state index >= 15 is 0 Å². The second-order valence-corrected chi connectivity index (χ2v) is 6.89. The Bertz CT molecular complexity index is 803. The maximum atomic E-state index is 12.9. The van der Waals surface area contributed by atoms with Gasteiger partial charge in [0, 0.05) is 12.8 Å². The lowest BCUT2D eigenvalue weighted by Crippen LogP contribution is -2.18. The average Bonchev–Trinajstić information content (AvgIpc) is 2.67. The predicted octanol–water partition coefficient (Wildman–Crippen LogP) is 4.74. The second kappa shape index (κ2) is 12.0. The van der Waals surface area contributed by atoms with Crippen LogP contribution in [0.2, 0.25) is 5.28 Å². The molecule has 29 heavy (non-hydrogen) atoms. The van der Waals surface area contributed by atoms with Crippen LogP contribution in [-0.2, 0) is 11.2 Å². The minimum absolute atomic E-state index is 0.130. The van der Waals surface area contributed by atoms with E-state index in [0.717, 1.165) is 37.7 Å². The molecule has 0 radical (unpaired) electrons. The van der Waals surface area contributed by atoms with Gasteiger partial charge < -0.3 is 15.8 Å². The Hall–Kier alpha value is -2.67. The van der Waals surface area contributed by atoms with Crippen molar-refractivity contribution in [2.45, 2.75) is 39.0 Å². The Labute approximate surface area is 176 Å². The highest BCUT2D eigenvalue weighted by atomic mass is 35.5. The summed E-state index contributed by atoms with van der Waals surface area (Å²) < 4.78 is 18.4. The first-order valence-corrected chi connectivity index (χ1v) is 9.95. The molecule has 6 nitrogen and oxygen atoms in total. The first-order chi connectivity index (χ1) is 14.0. The zero-order valence-corrected chi connectivity index (χ0v) is 17.4. The van der Waals surface area contributed by atoms with E-state index in [-0.39, 0.29) is 16.9 Å². The summed E-state index contributed by atoms with van der Waals surface area (Å²) in [6.45, 7) is 6.96. The van der Waals surface area contributed by atoms with Crippen molar-refractivity contribution in [2.75, 3.05) is 18.9 Å². The Morgan fingerprint density at radius 3 is 2.76 bits per heavy atom. The van der Waals surface area contributed by atoms with E-state index in [2.05, 4.69) is 26.9 Å². The molecule has 1 aromatic heterocycles. The van der Waals surface area contributed by atoms with Gasteiger partial charge in [-0.3, -0.25) is 4.99 Å². The molecule has 0 aliphatic rings. The number of ether oxygens (including phenoxy) is 1. The number of anilines is 1. The van der Waals surface area contributed by atoms with Crippen molar-refractivity contribution in [3.05, 3.63) is 59.1 Å². The summed E-state index contributed by atoms with van der Waals surface area (Å²) in [5, 5.41) is 3.25. The van der Waals surface area contributed by atoms with Crippen LogP contribution in [0.15, 0.2) is 41.7 Å². The molecule has 0 unspecified atom stereocenters. The van der Waals surface area contributed by atoms with Gasteiger partial charge in [0.1, 0.15) is 11.5 Å². The fourth-order valence-corrected chi connectivity index (χ4v) is 2.85. The minimum Gasteiger partial charge on any atom is -0.480 e. The molecule has 0 saturated carbocycles. The van der Waals surface area contributed by atoms with E-state index in [0.29, 0.717) is 30.4 Å². The first-order valence-electron chi connectivity index (χ1n) is 9.58. The summed E-state index contributed by atoms with van der Waals surface area (Å²) in [6, 6.07) is 6.48. The number of nitrogens with zero attached hydrogens (tertiary/aromatic N) is 3. The number of hydrogen-bond donors (Lipinski definition) is 2. The van der Waals surface area contributed by atoms with Crippen molar-refractivity contribution in [3.63, 3.8) is 0 Å². The molecule has 0 saturated heterocycles.